The summed E-state index contributed by atoms with van der Waals surface area (Å²) in [6, 6.07) is 0.349. The Kier molecular flexibility index (Phi) is 8.21. The van der Waals surface area contributed by atoms with E-state index in [1.807, 2.05) is 13.8 Å². The van der Waals surface area contributed by atoms with E-state index < -0.39 is 0 Å². The normalized spacial score (nSPS) is 24.3. The third kappa shape index (κ3) is 5.47. The second-order valence-corrected chi connectivity index (χ2v) is 4.06. The first-order valence-electron chi connectivity index (χ1n) is 6.19. The summed E-state index contributed by atoms with van der Waals surface area (Å²) in [6.07, 6.45) is 4.84. The molecule has 0 unspecified atom stereocenters. The Balaban J connectivity index is 0.00000106. The zero-order valence-electron chi connectivity index (χ0n) is 11.0. The third-order valence-corrected chi connectivity index (χ3v) is 2.98. The summed E-state index contributed by atoms with van der Waals surface area (Å²) in [7, 11) is 3.16. The van der Waals surface area contributed by atoms with Crippen LogP contribution in [0.25, 0.3) is 0 Å². The topological polar surface area (TPSA) is 55.6 Å². The van der Waals surface area contributed by atoms with Gasteiger partial charge < -0.3 is 5.73 Å². The Hall–Kier alpha value is -0.610. The van der Waals surface area contributed by atoms with Crippen LogP contribution in [0.3, 0.4) is 0 Å². The molecule has 0 aromatic rings. The van der Waals surface area contributed by atoms with Crippen molar-refractivity contribution in [1.82, 2.24) is 5.06 Å². The molecule has 1 aliphatic rings. The van der Waals surface area contributed by atoms with Gasteiger partial charge in [-0.3, -0.25) is 9.63 Å². The molecule has 1 amide bonds. The summed E-state index contributed by atoms with van der Waals surface area (Å²) >= 11 is 0. The van der Waals surface area contributed by atoms with Crippen molar-refractivity contribution >= 4 is 5.91 Å². The molecular formula is C12H26N2O2. The number of amides is 1. The monoisotopic (exact) mass is 230 g/mol. The number of hydrogen-bond donors (Lipinski definition) is 1. The van der Waals surface area contributed by atoms with Gasteiger partial charge in [-0.1, -0.05) is 13.8 Å². The molecular weight excluding hydrogens is 204 g/mol. The molecule has 1 fully saturated rings. The first-order chi connectivity index (χ1) is 7.63. The molecule has 1 saturated carbocycles. The van der Waals surface area contributed by atoms with Gasteiger partial charge in [-0.05, 0) is 31.6 Å². The molecule has 0 saturated heterocycles. The average Bonchev–Trinajstić information content (AvgIpc) is 2.33. The second-order valence-electron chi connectivity index (χ2n) is 4.06. The van der Waals surface area contributed by atoms with Gasteiger partial charge in [0.1, 0.15) is 0 Å². The Morgan fingerprint density at radius 3 is 2.25 bits per heavy atom. The molecule has 16 heavy (non-hydrogen) atoms. The van der Waals surface area contributed by atoms with E-state index >= 15 is 0 Å². The minimum atomic E-state index is 0.0629. The molecule has 0 aromatic carbocycles. The van der Waals surface area contributed by atoms with E-state index in [4.69, 9.17) is 10.6 Å². The van der Waals surface area contributed by atoms with Crippen molar-refractivity contribution in [3.8, 4) is 0 Å². The SMILES string of the molecule is CC.CON(C)C(=O)CC1CCC(N)CC1. The van der Waals surface area contributed by atoms with E-state index in [9.17, 15) is 4.79 Å². The van der Waals surface area contributed by atoms with Gasteiger partial charge in [0.15, 0.2) is 0 Å². The van der Waals surface area contributed by atoms with Crippen LogP contribution in [0.2, 0.25) is 0 Å². The van der Waals surface area contributed by atoms with Crippen molar-refractivity contribution in [3.05, 3.63) is 0 Å². The minimum Gasteiger partial charge on any atom is -0.328 e. The van der Waals surface area contributed by atoms with Crippen LogP contribution in [0.15, 0.2) is 0 Å². The lowest BCUT2D eigenvalue weighted by Crippen LogP contribution is -2.31. The zero-order valence-corrected chi connectivity index (χ0v) is 11.0. The lowest BCUT2D eigenvalue weighted by atomic mass is 9.84. The Morgan fingerprint density at radius 2 is 1.81 bits per heavy atom. The van der Waals surface area contributed by atoms with Crippen molar-refractivity contribution in [1.29, 1.82) is 0 Å². The number of hydroxylamine groups is 2. The molecule has 1 rings (SSSR count). The van der Waals surface area contributed by atoms with Crippen LogP contribution in [0.5, 0.6) is 0 Å². The summed E-state index contributed by atoms with van der Waals surface area (Å²) in [5, 5.41) is 1.30. The fourth-order valence-electron chi connectivity index (χ4n) is 1.87. The van der Waals surface area contributed by atoms with Crippen molar-refractivity contribution in [2.24, 2.45) is 11.7 Å². The van der Waals surface area contributed by atoms with Gasteiger partial charge in [-0.15, -0.1) is 0 Å². The van der Waals surface area contributed by atoms with E-state index in [1.54, 1.807) is 7.05 Å². The molecule has 4 heteroatoms. The maximum Gasteiger partial charge on any atom is 0.246 e. The van der Waals surface area contributed by atoms with Crippen molar-refractivity contribution in [2.75, 3.05) is 14.2 Å². The van der Waals surface area contributed by atoms with Crippen molar-refractivity contribution in [3.63, 3.8) is 0 Å². The van der Waals surface area contributed by atoms with E-state index in [2.05, 4.69) is 0 Å². The lowest BCUT2D eigenvalue weighted by Gasteiger charge is -2.26. The first-order valence-corrected chi connectivity index (χ1v) is 6.19. The van der Waals surface area contributed by atoms with Crippen LogP contribution >= 0.6 is 0 Å². The lowest BCUT2D eigenvalue weighted by molar-refractivity contribution is -0.169. The molecule has 0 spiro atoms. The number of rotatable bonds is 3. The molecule has 4 nitrogen and oxygen atoms in total. The number of carbonyl (C=O) groups excluding carboxylic acids is 1. The van der Waals surface area contributed by atoms with Gasteiger partial charge in [-0.2, -0.15) is 0 Å². The van der Waals surface area contributed by atoms with Crippen LogP contribution in [-0.4, -0.2) is 31.2 Å². The van der Waals surface area contributed by atoms with Crippen LogP contribution < -0.4 is 5.73 Å². The number of carbonyl (C=O) groups is 1. The number of nitrogens with zero attached hydrogens (tertiary/aromatic N) is 1. The highest BCUT2D eigenvalue weighted by Gasteiger charge is 2.22. The fraction of sp³-hybridized carbons (Fsp3) is 0.917. The predicted molar refractivity (Wildman–Crippen MR) is 65.7 cm³/mol. The summed E-state index contributed by atoms with van der Waals surface area (Å²) in [5.74, 6) is 0.563. The largest absolute Gasteiger partial charge is 0.328 e. The van der Waals surface area contributed by atoms with E-state index in [-0.39, 0.29) is 5.91 Å². The van der Waals surface area contributed by atoms with E-state index in [0.29, 0.717) is 18.4 Å². The highest BCUT2D eigenvalue weighted by molar-refractivity contribution is 5.75. The summed E-state index contributed by atoms with van der Waals surface area (Å²) in [4.78, 5) is 16.3. The Labute approximate surface area is 99.1 Å². The average molecular weight is 230 g/mol. The fourth-order valence-corrected chi connectivity index (χ4v) is 1.87. The van der Waals surface area contributed by atoms with Crippen molar-refractivity contribution in [2.45, 2.75) is 52.0 Å². The van der Waals surface area contributed by atoms with Crippen LogP contribution in [0.1, 0.15) is 46.0 Å². The third-order valence-electron chi connectivity index (χ3n) is 2.98. The van der Waals surface area contributed by atoms with Crippen LogP contribution in [-0.2, 0) is 9.63 Å². The Morgan fingerprint density at radius 1 is 1.31 bits per heavy atom. The molecule has 0 aromatic heterocycles. The molecule has 96 valence electrons. The molecule has 0 aliphatic heterocycles. The molecule has 2 N–H and O–H groups in total. The molecule has 1 aliphatic carbocycles. The molecule has 0 radical (unpaired) electrons. The maximum absolute atomic E-state index is 11.5. The molecule has 0 atom stereocenters. The number of nitrogens with two attached hydrogens (primary N) is 1. The maximum atomic E-state index is 11.5. The quantitative estimate of drug-likeness (QED) is 0.754. The van der Waals surface area contributed by atoms with Gasteiger partial charge >= 0.3 is 0 Å². The van der Waals surface area contributed by atoms with Crippen LogP contribution in [0.4, 0.5) is 0 Å². The summed E-state index contributed by atoms with van der Waals surface area (Å²) in [6.45, 7) is 4.00. The summed E-state index contributed by atoms with van der Waals surface area (Å²) < 4.78 is 0. The van der Waals surface area contributed by atoms with E-state index in [0.717, 1.165) is 25.7 Å². The molecule has 0 bridgehead atoms. The van der Waals surface area contributed by atoms with Gasteiger partial charge in [0, 0.05) is 19.5 Å². The second kappa shape index (κ2) is 8.53. The first kappa shape index (κ1) is 15.4. The minimum absolute atomic E-state index is 0.0629. The highest BCUT2D eigenvalue weighted by atomic mass is 16.7. The summed E-state index contributed by atoms with van der Waals surface area (Å²) in [5.41, 5.74) is 5.79. The van der Waals surface area contributed by atoms with Crippen molar-refractivity contribution < 1.29 is 9.63 Å². The smallest absolute Gasteiger partial charge is 0.246 e. The Bertz CT molecular complexity index is 189. The highest BCUT2D eigenvalue weighted by Crippen LogP contribution is 2.26. The molecule has 0 heterocycles. The van der Waals surface area contributed by atoms with Gasteiger partial charge in [0.25, 0.3) is 0 Å². The number of hydrogen-bond acceptors (Lipinski definition) is 3. The predicted octanol–water partition coefficient (Wildman–Crippen LogP) is 1.94. The van der Waals surface area contributed by atoms with Crippen LogP contribution in [0, 0.1) is 5.92 Å². The standard InChI is InChI=1S/C10H20N2O2.C2H6/c1-12(14-2)10(13)7-8-3-5-9(11)6-4-8;1-2/h8-9H,3-7,11H2,1-2H3;1-2H3. The van der Waals surface area contributed by atoms with Gasteiger partial charge in [0.05, 0.1) is 7.11 Å². The zero-order chi connectivity index (χ0) is 12.6. The van der Waals surface area contributed by atoms with E-state index in [1.165, 1.54) is 12.2 Å². The van der Waals surface area contributed by atoms with Gasteiger partial charge in [-0.25, -0.2) is 5.06 Å². The van der Waals surface area contributed by atoms with Gasteiger partial charge in [0.2, 0.25) is 5.91 Å².